The van der Waals surface area contributed by atoms with Crippen LogP contribution in [-0.4, -0.2) is 23.9 Å². The summed E-state index contributed by atoms with van der Waals surface area (Å²) in [5.74, 6) is -0.152. The molecule has 25 heavy (non-hydrogen) atoms. The number of hydrogen-bond acceptors (Lipinski definition) is 5. The van der Waals surface area contributed by atoms with Crippen LogP contribution < -0.4 is 10.5 Å². The van der Waals surface area contributed by atoms with Gasteiger partial charge in [0.25, 0.3) is 0 Å². The average molecular weight is 348 g/mol. The largest absolute Gasteiger partial charge is 0.493 e. The van der Waals surface area contributed by atoms with E-state index in [-0.39, 0.29) is 18.2 Å². The minimum Gasteiger partial charge on any atom is -0.493 e. The molecule has 0 aliphatic heterocycles. The fourth-order valence-corrected chi connectivity index (χ4v) is 2.37. The Bertz CT molecular complexity index is 591. The molecule has 3 N–H and O–H groups in total. The number of anilines is 1. The highest BCUT2D eigenvalue weighted by Crippen LogP contribution is 2.25. The molecule has 1 rings (SSSR count). The minimum atomic E-state index is -0.607. The van der Waals surface area contributed by atoms with Gasteiger partial charge in [0, 0.05) is 17.7 Å². The summed E-state index contributed by atoms with van der Waals surface area (Å²) in [7, 11) is 0. The van der Waals surface area contributed by atoms with Gasteiger partial charge in [-0.25, -0.2) is 4.79 Å². The number of aryl methyl sites for hydroxylation is 1. The SMILES string of the molecule is CCCCc1ccc(N)cc1OCC(CC)C(=N)C(=O)OC(C)(C)C. The number of unbranched alkanes of at least 4 members (excludes halogenated alkanes) is 1. The predicted octanol–water partition coefficient (Wildman–Crippen LogP) is 4.38. The van der Waals surface area contributed by atoms with E-state index in [2.05, 4.69) is 6.92 Å². The molecule has 0 aliphatic carbocycles. The molecule has 0 heterocycles. The van der Waals surface area contributed by atoms with E-state index in [1.165, 1.54) is 0 Å². The number of nitrogen functional groups attached to an aromatic ring is 1. The first-order chi connectivity index (χ1) is 11.7. The molecule has 0 bridgehead atoms. The van der Waals surface area contributed by atoms with Gasteiger partial charge in [-0.2, -0.15) is 0 Å². The molecule has 0 amide bonds. The van der Waals surface area contributed by atoms with Crippen LogP contribution in [0, 0.1) is 11.3 Å². The smallest absolute Gasteiger partial charge is 0.352 e. The van der Waals surface area contributed by atoms with Gasteiger partial charge >= 0.3 is 5.97 Å². The summed E-state index contributed by atoms with van der Waals surface area (Å²) in [5, 5.41) is 8.13. The number of ether oxygens (including phenoxy) is 2. The van der Waals surface area contributed by atoms with Crippen LogP contribution in [-0.2, 0) is 16.0 Å². The number of esters is 1. The molecule has 5 heteroatoms. The van der Waals surface area contributed by atoms with Crippen molar-refractivity contribution in [1.29, 1.82) is 5.41 Å². The van der Waals surface area contributed by atoms with Crippen LogP contribution in [0.4, 0.5) is 5.69 Å². The standard InChI is InChI=1S/C20H32N2O3/c1-6-8-9-15-10-11-16(21)12-17(15)24-13-14(7-2)18(22)19(23)25-20(3,4)5/h10-12,14,22H,6-9,13,21H2,1-5H3. The molecule has 140 valence electrons. The molecule has 0 saturated carbocycles. The van der Waals surface area contributed by atoms with Gasteiger partial charge < -0.3 is 15.2 Å². The molecule has 1 aromatic rings. The van der Waals surface area contributed by atoms with Crippen molar-refractivity contribution in [3.8, 4) is 5.75 Å². The second-order valence-electron chi connectivity index (χ2n) is 7.30. The number of carbonyl (C=O) groups is 1. The first kappa shape index (κ1) is 21.0. The van der Waals surface area contributed by atoms with Crippen LogP contribution in [0.25, 0.3) is 0 Å². The van der Waals surface area contributed by atoms with Crippen LogP contribution in [0.3, 0.4) is 0 Å². The van der Waals surface area contributed by atoms with Gasteiger partial charge in [-0.05, 0) is 51.7 Å². The molecule has 0 fully saturated rings. The zero-order valence-corrected chi connectivity index (χ0v) is 16.1. The van der Waals surface area contributed by atoms with Crippen molar-refractivity contribution >= 4 is 17.4 Å². The van der Waals surface area contributed by atoms with Crippen molar-refractivity contribution in [2.24, 2.45) is 5.92 Å². The van der Waals surface area contributed by atoms with Crippen LogP contribution in [0.1, 0.15) is 59.4 Å². The second-order valence-corrected chi connectivity index (χ2v) is 7.30. The fraction of sp³-hybridized carbons (Fsp3) is 0.600. The van der Waals surface area contributed by atoms with Crippen molar-refractivity contribution in [1.82, 2.24) is 0 Å². The molecular weight excluding hydrogens is 316 g/mol. The highest BCUT2D eigenvalue weighted by atomic mass is 16.6. The van der Waals surface area contributed by atoms with Crippen LogP contribution in [0.2, 0.25) is 0 Å². The van der Waals surface area contributed by atoms with Crippen molar-refractivity contribution < 1.29 is 14.3 Å². The maximum atomic E-state index is 12.1. The van der Waals surface area contributed by atoms with E-state index in [0.717, 1.165) is 30.6 Å². The van der Waals surface area contributed by atoms with Gasteiger partial charge in [-0.3, -0.25) is 5.41 Å². The lowest BCUT2D eigenvalue weighted by molar-refractivity contribution is -0.146. The molecule has 0 radical (unpaired) electrons. The average Bonchev–Trinajstić information content (AvgIpc) is 2.52. The fourth-order valence-electron chi connectivity index (χ4n) is 2.37. The summed E-state index contributed by atoms with van der Waals surface area (Å²) in [4.78, 5) is 12.1. The Hall–Kier alpha value is -2.04. The highest BCUT2D eigenvalue weighted by molar-refractivity contribution is 6.36. The Morgan fingerprint density at radius 3 is 2.52 bits per heavy atom. The van der Waals surface area contributed by atoms with Gasteiger partial charge in [0.1, 0.15) is 17.1 Å². The first-order valence-electron chi connectivity index (χ1n) is 9.00. The third kappa shape index (κ3) is 7.16. The Morgan fingerprint density at radius 1 is 1.28 bits per heavy atom. The monoisotopic (exact) mass is 348 g/mol. The number of benzene rings is 1. The lowest BCUT2D eigenvalue weighted by atomic mass is 10.0. The molecule has 0 aliphatic rings. The van der Waals surface area contributed by atoms with E-state index < -0.39 is 11.6 Å². The van der Waals surface area contributed by atoms with Gasteiger partial charge in [0.2, 0.25) is 0 Å². The summed E-state index contributed by atoms with van der Waals surface area (Å²) in [5.41, 5.74) is 6.97. The molecular formula is C20H32N2O3. The predicted molar refractivity (Wildman–Crippen MR) is 102 cm³/mol. The van der Waals surface area contributed by atoms with E-state index in [9.17, 15) is 4.79 Å². The number of hydrogen-bond donors (Lipinski definition) is 2. The Morgan fingerprint density at radius 2 is 1.96 bits per heavy atom. The van der Waals surface area contributed by atoms with E-state index in [4.69, 9.17) is 20.6 Å². The quantitative estimate of drug-likeness (QED) is 0.394. The zero-order chi connectivity index (χ0) is 19.0. The lowest BCUT2D eigenvalue weighted by Gasteiger charge is -2.23. The Kier molecular flexibility index (Phi) is 7.94. The van der Waals surface area contributed by atoms with Gasteiger partial charge in [0.15, 0.2) is 0 Å². The summed E-state index contributed by atoms with van der Waals surface area (Å²) in [6.45, 7) is 9.72. The van der Waals surface area contributed by atoms with Gasteiger partial charge in [-0.1, -0.05) is 26.3 Å². The molecule has 1 atom stereocenters. The Balaban J connectivity index is 2.78. The highest BCUT2D eigenvalue weighted by Gasteiger charge is 2.26. The van der Waals surface area contributed by atoms with E-state index in [1.807, 2.05) is 25.1 Å². The molecule has 0 saturated heterocycles. The summed E-state index contributed by atoms with van der Waals surface area (Å²) >= 11 is 0. The third-order valence-electron chi connectivity index (χ3n) is 3.85. The van der Waals surface area contributed by atoms with Gasteiger partial charge in [0.05, 0.1) is 6.61 Å². The molecule has 5 nitrogen and oxygen atoms in total. The first-order valence-corrected chi connectivity index (χ1v) is 9.00. The van der Waals surface area contributed by atoms with Crippen molar-refractivity contribution in [3.05, 3.63) is 23.8 Å². The number of nitrogens with two attached hydrogens (primary N) is 1. The second kappa shape index (κ2) is 9.44. The minimum absolute atomic E-state index is 0.0450. The summed E-state index contributed by atoms with van der Waals surface area (Å²) in [6, 6.07) is 5.67. The topological polar surface area (TPSA) is 85.4 Å². The molecule has 0 aromatic heterocycles. The van der Waals surface area contributed by atoms with Gasteiger partial charge in [-0.15, -0.1) is 0 Å². The normalized spacial score (nSPS) is 12.5. The number of nitrogens with one attached hydrogen (secondary N) is 1. The summed E-state index contributed by atoms with van der Waals surface area (Å²) < 4.78 is 11.2. The van der Waals surface area contributed by atoms with Crippen LogP contribution in [0.5, 0.6) is 5.75 Å². The lowest BCUT2D eigenvalue weighted by Crippen LogP contribution is -2.34. The molecule has 0 spiro atoms. The van der Waals surface area contributed by atoms with Crippen molar-refractivity contribution in [2.45, 2.75) is 65.9 Å². The van der Waals surface area contributed by atoms with E-state index in [1.54, 1.807) is 20.8 Å². The van der Waals surface area contributed by atoms with Crippen molar-refractivity contribution in [3.63, 3.8) is 0 Å². The molecule has 1 aromatic carbocycles. The van der Waals surface area contributed by atoms with E-state index >= 15 is 0 Å². The number of carbonyl (C=O) groups excluding carboxylic acids is 1. The maximum Gasteiger partial charge on any atom is 0.352 e. The van der Waals surface area contributed by atoms with Crippen LogP contribution in [0.15, 0.2) is 18.2 Å². The maximum absolute atomic E-state index is 12.1. The van der Waals surface area contributed by atoms with E-state index in [0.29, 0.717) is 12.1 Å². The molecule has 1 unspecified atom stereocenters. The summed E-state index contributed by atoms with van der Waals surface area (Å²) in [6.07, 6.45) is 3.73. The van der Waals surface area contributed by atoms with Crippen molar-refractivity contribution in [2.75, 3.05) is 12.3 Å². The van der Waals surface area contributed by atoms with Crippen LogP contribution >= 0.6 is 0 Å². The zero-order valence-electron chi connectivity index (χ0n) is 16.1. The Labute approximate surface area is 151 Å². The number of rotatable bonds is 9. The third-order valence-corrected chi connectivity index (χ3v) is 3.85.